The lowest BCUT2D eigenvalue weighted by molar-refractivity contribution is -0.113. The van der Waals surface area contributed by atoms with Crippen molar-refractivity contribution in [3.63, 3.8) is 0 Å². The Morgan fingerprint density at radius 1 is 1.05 bits per heavy atom. The molecule has 22 heavy (non-hydrogen) atoms. The first-order valence-corrected chi connectivity index (χ1v) is 9.82. The van der Waals surface area contributed by atoms with Gasteiger partial charge in [0.15, 0.2) is 0 Å². The number of carbonyl (C=O) groups is 1. The van der Waals surface area contributed by atoms with Crippen molar-refractivity contribution in [3.05, 3.63) is 65.7 Å². The van der Waals surface area contributed by atoms with E-state index in [1.807, 2.05) is 60.9 Å². The van der Waals surface area contributed by atoms with E-state index in [1.165, 1.54) is 11.8 Å². The highest BCUT2D eigenvalue weighted by atomic mass is 32.2. The SMILES string of the molecule is CSCC(=O)Nc1cccc(C[S@@](=O)Cc2ccccc2)c1. The zero-order chi connectivity index (χ0) is 15.8. The fourth-order valence-corrected chi connectivity index (χ4v) is 3.62. The van der Waals surface area contributed by atoms with Crippen LogP contribution in [0.4, 0.5) is 5.69 Å². The van der Waals surface area contributed by atoms with Crippen molar-refractivity contribution in [2.75, 3.05) is 17.3 Å². The second kappa shape index (κ2) is 8.76. The Balaban J connectivity index is 1.95. The molecule has 0 aliphatic heterocycles. The highest BCUT2D eigenvalue weighted by Gasteiger charge is 2.06. The molecule has 0 radical (unpaired) electrons. The number of carbonyl (C=O) groups excluding carboxylic acids is 1. The number of thioether (sulfide) groups is 1. The first kappa shape index (κ1) is 16.8. The first-order chi connectivity index (χ1) is 10.7. The quantitative estimate of drug-likeness (QED) is 0.844. The van der Waals surface area contributed by atoms with Crippen LogP contribution in [-0.2, 0) is 27.1 Å². The molecule has 1 atom stereocenters. The second-order valence-corrected chi connectivity index (χ2v) is 7.22. The van der Waals surface area contributed by atoms with Gasteiger partial charge in [0.1, 0.15) is 0 Å². The van der Waals surface area contributed by atoms with E-state index >= 15 is 0 Å². The average Bonchev–Trinajstić information content (AvgIpc) is 2.48. The van der Waals surface area contributed by atoms with Gasteiger partial charge in [-0.3, -0.25) is 9.00 Å². The number of nitrogens with one attached hydrogen (secondary N) is 1. The molecule has 0 saturated carbocycles. The summed E-state index contributed by atoms with van der Waals surface area (Å²) in [7, 11) is -0.963. The van der Waals surface area contributed by atoms with Crippen LogP contribution in [0.25, 0.3) is 0 Å². The highest BCUT2D eigenvalue weighted by Crippen LogP contribution is 2.14. The summed E-state index contributed by atoms with van der Waals surface area (Å²) in [6.45, 7) is 0. The summed E-state index contributed by atoms with van der Waals surface area (Å²) < 4.78 is 12.2. The van der Waals surface area contributed by atoms with Crippen molar-refractivity contribution in [2.45, 2.75) is 11.5 Å². The van der Waals surface area contributed by atoms with Crippen LogP contribution >= 0.6 is 11.8 Å². The summed E-state index contributed by atoms with van der Waals surface area (Å²) in [5.41, 5.74) is 2.80. The summed E-state index contributed by atoms with van der Waals surface area (Å²) in [6, 6.07) is 17.4. The van der Waals surface area contributed by atoms with Crippen LogP contribution in [0.5, 0.6) is 0 Å². The van der Waals surface area contributed by atoms with Gasteiger partial charge in [-0.15, -0.1) is 0 Å². The molecule has 1 amide bonds. The van der Waals surface area contributed by atoms with Crippen LogP contribution in [0.1, 0.15) is 11.1 Å². The van der Waals surface area contributed by atoms with Crippen molar-refractivity contribution in [2.24, 2.45) is 0 Å². The van der Waals surface area contributed by atoms with E-state index in [4.69, 9.17) is 0 Å². The summed E-state index contributed by atoms with van der Waals surface area (Å²) in [6.07, 6.45) is 1.89. The molecule has 2 rings (SSSR count). The molecule has 0 spiro atoms. The maximum absolute atomic E-state index is 12.2. The van der Waals surface area contributed by atoms with Crippen molar-refractivity contribution in [3.8, 4) is 0 Å². The molecule has 0 saturated heterocycles. The Morgan fingerprint density at radius 2 is 1.73 bits per heavy atom. The predicted octanol–water partition coefficient (Wildman–Crippen LogP) is 3.44. The van der Waals surface area contributed by atoms with Gasteiger partial charge < -0.3 is 5.32 Å². The number of hydrogen-bond donors (Lipinski definition) is 1. The smallest absolute Gasteiger partial charge is 0.234 e. The molecule has 0 unspecified atom stereocenters. The highest BCUT2D eigenvalue weighted by molar-refractivity contribution is 7.99. The third-order valence-electron chi connectivity index (χ3n) is 2.98. The van der Waals surface area contributed by atoms with E-state index in [2.05, 4.69) is 5.32 Å². The van der Waals surface area contributed by atoms with Gasteiger partial charge in [-0.2, -0.15) is 11.8 Å². The van der Waals surface area contributed by atoms with E-state index in [0.29, 0.717) is 17.3 Å². The Kier molecular flexibility index (Phi) is 6.68. The molecule has 2 aromatic rings. The molecule has 0 bridgehead atoms. The minimum absolute atomic E-state index is 0.0185. The van der Waals surface area contributed by atoms with Gasteiger partial charge in [-0.05, 0) is 29.5 Å². The minimum Gasteiger partial charge on any atom is -0.325 e. The van der Waals surface area contributed by atoms with Crippen LogP contribution in [0, 0.1) is 0 Å². The topological polar surface area (TPSA) is 46.2 Å². The lowest BCUT2D eigenvalue weighted by Crippen LogP contribution is -2.13. The van der Waals surface area contributed by atoms with Crippen LogP contribution in [-0.4, -0.2) is 22.1 Å². The summed E-state index contributed by atoms with van der Waals surface area (Å²) in [4.78, 5) is 11.6. The third kappa shape index (κ3) is 5.66. The molecule has 0 heterocycles. The molecule has 0 aromatic heterocycles. The van der Waals surface area contributed by atoms with Gasteiger partial charge >= 0.3 is 0 Å². The number of amides is 1. The number of benzene rings is 2. The molecule has 2 aromatic carbocycles. The maximum Gasteiger partial charge on any atom is 0.234 e. The van der Waals surface area contributed by atoms with E-state index in [9.17, 15) is 9.00 Å². The fourth-order valence-electron chi connectivity index (χ4n) is 2.06. The maximum atomic E-state index is 12.2. The Bertz CT molecular complexity index is 644. The zero-order valence-corrected chi connectivity index (χ0v) is 14.1. The molecule has 3 nitrogen and oxygen atoms in total. The fraction of sp³-hybridized carbons (Fsp3) is 0.235. The lowest BCUT2D eigenvalue weighted by atomic mass is 10.2. The van der Waals surface area contributed by atoms with E-state index in [0.717, 1.165) is 16.8 Å². The normalized spacial score (nSPS) is 11.9. The van der Waals surface area contributed by atoms with E-state index in [1.54, 1.807) is 0 Å². The van der Waals surface area contributed by atoms with Gasteiger partial charge in [0.2, 0.25) is 5.91 Å². The van der Waals surface area contributed by atoms with Crippen molar-refractivity contribution < 1.29 is 9.00 Å². The van der Waals surface area contributed by atoms with Crippen LogP contribution < -0.4 is 5.32 Å². The molecular weight excluding hydrogens is 314 g/mol. The third-order valence-corrected chi connectivity index (χ3v) is 4.85. The molecular formula is C17H19NO2S2. The van der Waals surface area contributed by atoms with E-state index in [-0.39, 0.29) is 5.91 Å². The van der Waals surface area contributed by atoms with Gasteiger partial charge in [0.05, 0.1) is 5.75 Å². The van der Waals surface area contributed by atoms with Gasteiger partial charge in [-0.25, -0.2) is 0 Å². The number of rotatable bonds is 7. The van der Waals surface area contributed by atoms with Crippen LogP contribution in [0.2, 0.25) is 0 Å². The Hall–Kier alpha value is -1.59. The predicted molar refractivity (Wildman–Crippen MR) is 95.4 cm³/mol. The molecule has 1 N–H and O–H groups in total. The average molecular weight is 333 g/mol. The van der Waals surface area contributed by atoms with Gasteiger partial charge in [0, 0.05) is 28.0 Å². The molecule has 5 heteroatoms. The largest absolute Gasteiger partial charge is 0.325 e. The number of hydrogen-bond acceptors (Lipinski definition) is 3. The summed E-state index contributed by atoms with van der Waals surface area (Å²) in [5.74, 6) is 1.45. The molecule has 0 aliphatic rings. The van der Waals surface area contributed by atoms with Crippen molar-refractivity contribution in [1.29, 1.82) is 0 Å². The minimum atomic E-state index is -0.963. The first-order valence-electron chi connectivity index (χ1n) is 6.94. The van der Waals surface area contributed by atoms with Crippen LogP contribution in [0.3, 0.4) is 0 Å². The number of anilines is 1. The van der Waals surface area contributed by atoms with Crippen LogP contribution in [0.15, 0.2) is 54.6 Å². The Labute approximate surface area is 138 Å². The van der Waals surface area contributed by atoms with E-state index < -0.39 is 10.8 Å². The van der Waals surface area contributed by atoms with Crippen molar-refractivity contribution in [1.82, 2.24) is 0 Å². The summed E-state index contributed by atoms with van der Waals surface area (Å²) in [5, 5.41) is 2.85. The standard InChI is InChI=1S/C17H19NO2S2/c1-21-11-17(19)18-16-9-5-8-15(10-16)13-22(20)12-14-6-3-2-4-7-14/h2-10H,11-13H2,1H3,(H,18,19)/t22-/m0/s1. The molecule has 0 aliphatic carbocycles. The molecule has 0 fully saturated rings. The van der Waals surface area contributed by atoms with Gasteiger partial charge in [-0.1, -0.05) is 42.5 Å². The monoisotopic (exact) mass is 333 g/mol. The Morgan fingerprint density at radius 3 is 2.45 bits per heavy atom. The molecule has 116 valence electrons. The zero-order valence-electron chi connectivity index (χ0n) is 12.5. The lowest BCUT2D eigenvalue weighted by Gasteiger charge is -2.07. The van der Waals surface area contributed by atoms with Crippen molar-refractivity contribution >= 4 is 34.2 Å². The summed E-state index contributed by atoms with van der Waals surface area (Å²) >= 11 is 1.48. The van der Waals surface area contributed by atoms with Gasteiger partial charge in [0.25, 0.3) is 0 Å². The second-order valence-electron chi connectivity index (χ2n) is 4.90.